The lowest BCUT2D eigenvalue weighted by atomic mass is 9.88. The van der Waals surface area contributed by atoms with E-state index in [2.05, 4.69) is 46.6 Å². The number of nitrogens with zero attached hydrogens (tertiary/aromatic N) is 2. The molecule has 0 spiro atoms. The second kappa shape index (κ2) is 10.6. The highest BCUT2D eigenvalue weighted by Gasteiger charge is 2.27. The Kier molecular flexibility index (Phi) is 7.05. The molecule has 0 bridgehead atoms. The van der Waals surface area contributed by atoms with Gasteiger partial charge in [-0.25, -0.2) is 4.98 Å². The minimum absolute atomic E-state index is 0.0222. The first-order chi connectivity index (χ1) is 18.5. The van der Waals surface area contributed by atoms with Gasteiger partial charge in [0.25, 0.3) is 5.91 Å². The fourth-order valence-corrected chi connectivity index (χ4v) is 6.66. The molecule has 2 aliphatic heterocycles. The zero-order chi connectivity index (χ0) is 26.2. The maximum Gasteiger partial charge on any atom is 0.265 e. The van der Waals surface area contributed by atoms with Crippen LogP contribution in [0.2, 0.25) is 0 Å². The molecule has 4 heterocycles. The quantitative estimate of drug-likeness (QED) is 0.335. The smallest absolute Gasteiger partial charge is 0.265 e. The Morgan fingerprint density at radius 3 is 2.58 bits per heavy atom. The number of methoxy groups -OCH3 is 2. The van der Waals surface area contributed by atoms with Crippen molar-refractivity contribution in [1.29, 1.82) is 0 Å². The molecule has 198 valence electrons. The van der Waals surface area contributed by atoms with E-state index in [1.54, 1.807) is 14.2 Å². The number of piperidine rings is 1. The molecule has 1 saturated heterocycles. The molecule has 8 heteroatoms. The normalized spacial score (nSPS) is 18.9. The van der Waals surface area contributed by atoms with Crippen LogP contribution in [0.4, 0.5) is 0 Å². The van der Waals surface area contributed by atoms with E-state index in [4.69, 9.17) is 19.2 Å². The number of rotatable bonds is 6. The molecule has 6 rings (SSSR count). The molecular weight excluding hydrogens is 498 g/mol. The van der Waals surface area contributed by atoms with Crippen molar-refractivity contribution in [2.45, 2.75) is 38.0 Å². The van der Waals surface area contributed by atoms with E-state index in [0.29, 0.717) is 23.2 Å². The van der Waals surface area contributed by atoms with Gasteiger partial charge < -0.3 is 19.5 Å². The van der Waals surface area contributed by atoms with Gasteiger partial charge in [0.15, 0.2) is 12.0 Å². The molecule has 4 aromatic rings. The molecule has 0 radical (unpaired) electrons. The second-order valence-electron chi connectivity index (χ2n) is 10.2. The summed E-state index contributed by atoms with van der Waals surface area (Å²) in [5.74, 6) is 1.18. The van der Waals surface area contributed by atoms with Gasteiger partial charge in [0.2, 0.25) is 0 Å². The van der Waals surface area contributed by atoms with Gasteiger partial charge >= 0.3 is 0 Å². The van der Waals surface area contributed by atoms with Crippen molar-refractivity contribution < 1.29 is 19.0 Å². The Balaban J connectivity index is 1.22. The Morgan fingerprint density at radius 1 is 1.08 bits per heavy atom. The highest BCUT2D eigenvalue weighted by Crippen LogP contribution is 2.43. The van der Waals surface area contributed by atoms with Crippen LogP contribution >= 0.6 is 11.3 Å². The number of likely N-dealkylation sites (tertiary alicyclic amines) is 1. The average molecular weight is 532 g/mol. The molecular formula is C30H33N3O4S. The molecule has 2 aromatic heterocycles. The highest BCUT2D eigenvalue weighted by atomic mass is 32.1. The predicted molar refractivity (Wildman–Crippen MR) is 151 cm³/mol. The molecule has 0 aliphatic carbocycles. The number of benzene rings is 2. The molecule has 1 N–H and O–H groups in total. The number of thiophene rings is 1. The van der Waals surface area contributed by atoms with Gasteiger partial charge in [-0.2, -0.15) is 0 Å². The largest absolute Gasteiger partial charge is 0.489 e. The maximum absolute atomic E-state index is 12.7. The third kappa shape index (κ3) is 4.78. The number of aromatic nitrogens is 1. The summed E-state index contributed by atoms with van der Waals surface area (Å²) < 4.78 is 17.9. The lowest BCUT2D eigenvalue weighted by Crippen LogP contribution is -2.39. The van der Waals surface area contributed by atoms with Crippen LogP contribution in [0.15, 0.2) is 48.5 Å². The fraction of sp³-hybridized carbons (Fsp3) is 0.400. The first-order valence-corrected chi connectivity index (χ1v) is 14.0. The third-order valence-corrected chi connectivity index (χ3v) is 8.87. The SMILES string of the molecule is COC(CN1CCC(c2ccc(-c3ccc4c(ccc5sc6c(c54)OC[C@@H](C)NC6=O)n3)cc2)CC1)OC. The van der Waals surface area contributed by atoms with Crippen LogP contribution in [-0.2, 0) is 9.47 Å². The molecule has 1 atom stereocenters. The molecule has 1 amide bonds. The summed E-state index contributed by atoms with van der Waals surface area (Å²) in [6.07, 6.45) is 2.10. The Morgan fingerprint density at radius 2 is 1.84 bits per heavy atom. The first kappa shape index (κ1) is 25.2. The summed E-state index contributed by atoms with van der Waals surface area (Å²) in [5.41, 5.74) is 4.33. The van der Waals surface area contributed by atoms with Crippen LogP contribution in [0.3, 0.4) is 0 Å². The fourth-order valence-electron chi connectivity index (χ4n) is 5.59. The van der Waals surface area contributed by atoms with Crippen LogP contribution in [0.1, 0.15) is 40.9 Å². The van der Waals surface area contributed by atoms with Gasteiger partial charge in [-0.15, -0.1) is 11.3 Å². The molecule has 0 saturated carbocycles. The zero-order valence-electron chi connectivity index (χ0n) is 22.0. The van der Waals surface area contributed by atoms with E-state index < -0.39 is 0 Å². The first-order valence-electron chi connectivity index (χ1n) is 13.2. The van der Waals surface area contributed by atoms with E-state index in [9.17, 15) is 4.79 Å². The number of nitrogens with one attached hydrogen (secondary N) is 1. The van der Waals surface area contributed by atoms with E-state index in [1.165, 1.54) is 16.9 Å². The van der Waals surface area contributed by atoms with E-state index in [1.807, 2.05) is 19.1 Å². The lowest BCUT2D eigenvalue weighted by molar-refractivity contribution is -0.118. The topological polar surface area (TPSA) is 72.9 Å². The standard InChI is InChI=1S/C30H33N3O4S/c1-18-17-37-28-27-22-8-9-23(32-24(22)10-11-25(27)38-29(28)30(34)31-18)21-6-4-19(5-7-21)20-12-14-33(15-13-20)16-26(35-2)36-3/h4-11,18,20,26H,12-17H2,1-3H3,(H,31,34)/t18-/m1/s1. The summed E-state index contributed by atoms with van der Waals surface area (Å²) >= 11 is 1.48. The monoisotopic (exact) mass is 531 g/mol. The number of pyridine rings is 1. The van der Waals surface area contributed by atoms with Gasteiger partial charge in [-0.05, 0) is 68.6 Å². The molecule has 38 heavy (non-hydrogen) atoms. The molecule has 2 aliphatic rings. The third-order valence-electron chi connectivity index (χ3n) is 7.74. The summed E-state index contributed by atoms with van der Waals surface area (Å²) in [7, 11) is 3.39. The summed E-state index contributed by atoms with van der Waals surface area (Å²) in [6.45, 7) is 5.32. The van der Waals surface area contributed by atoms with Gasteiger partial charge in [-0.3, -0.25) is 9.69 Å². The number of fused-ring (bicyclic) bond motifs is 5. The van der Waals surface area contributed by atoms with Crippen molar-refractivity contribution in [3.05, 3.63) is 59.0 Å². The Labute approximate surface area is 226 Å². The van der Waals surface area contributed by atoms with Crippen LogP contribution in [0, 0.1) is 0 Å². The highest BCUT2D eigenvalue weighted by molar-refractivity contribution is 7.21. The van der Waals surface area contributed by atoms with Gasteiger partial charge in [-0.1, -0.05) is 24.3 Å². The van der Waals surface area contributed by atoms with E-state index in [0.717, 1.165) is 64.7 Å². The van der Waals surface area contributed by atoms with Crippen molar-refractivity contribution in [3.63, 3.8) is 0 Å². The van der Waals surface area contributed by atoms with Gasteiger partial charge in [0.1, 0.15) is 11.5 Å². The number of hydrogen-bond donors (Lipinski definition) is 1. The zero-order valence-corrected chi connectivity index (χ0v) is 22.8. The van der Waals surface area contributed by atoms with Gasteiger partial charge in [0, 0.05) is 41.8 Å². The van der Waals surface area contributed by atoms with Crippen LogP contribution in [-0.4, -0.2) is 68.6 Å². The number of carbonyl (C=O) groups excluding carboxylic acids is 1. The summed E-state index contributed by atoms with van der Waals surface area (Å²) in [6, 6.07) is 17.1. The Bertz CT molecular complexity index is 1460. The minimum Gasteiger partial charge on any atom is -0.489 e. The van der Waals surface area contributed by atoms with Crippen molar-refractivity contribution in [2.75, 3.05) is 40.5 Å². The molecule has 0 unspecified atom stereocenters. The summed E-state index contributed by atoms with van der Waals surface area (Å²) in [4.78, 5) is 20.7. The van der Waals surface area contributed by atoms with Crippen molar-refractivity contribution in [2.24, 2.45) is 0 Å². The summed E-state index contributed by atoms with van der Waals surface area (Å²) in [5, 5.41) is 4.99. The molecule has 7 nitrogen and oxygen atoms in total. The second-order valence-corrected chi connectivity index (χ2v) is 11.3. The van der Waals surface area contributed by atoms with Crippen LogP contribution < -0.4 is 10.1 Å². The van der Waals surface area contributed by atoms with E-state index >= 15 is 0 Å². The number of hydrogen-bond acceptors (Lipinski definition) is 7. The average Bonchev–Trinajstić information content (AvgIpc) is 3.27. The van der Waals surface area contributed by atoms with Crippen LogP contribution in [0.5, 0.6) is 5.75 Å². The van der Waals surface area contributed by atoms with Crippen molar-refractivity contribution >= 4 is 38.2 Å². The number of ether oxygens (including phenoxy) is 3. The molecule has 2 aromatic carbocycles. The lowest BCUT2D eigenvalue weighted by Gasteiger charge is -2.33. The molecule has 1 fully saturated rings. The van der Waals surface area contributed by atoms with E-state index in [-0.39, 0.29) is 18.2 Å². The van der Waals surface area contributed by atoms with Crippen molar-refractivity contribution in [1.82, 2.24) is 15.2 Å². The minimum atomic E-state index is -0.165. The van der Waals surface area contributed by atoms with Crippen molar-refractivity contribution in [3.8, 4) is 17.0 Å². The maximum atomic E-state index is 12.7. The van der Waals surface area contributed by atoms with Gasteiger partial charge in [0.05, 0.1) is 17.3 Å². The number of amides is 1. The predicted octanol–water partition coefficient (Wildman–Crippen LogP) is 5.43. The number of carbonyl (C=O) groups is 1. The Hall–Kier alpha value is -3.04. The van der Waals surface area contributed by atoms with Crippen LogP contribution in [0.25, 0.3) is 32.2 Å².